The molecule has 0 aromatic heterocycles. The molecule has 5 heteroatoms. The predicted octanol–water partition coefficient (Wildman–Crippen LogP) is -0.525. The van der Waals surface area contributed by atoms with Gasteiger partial charge in [0.05, 0.1) is 0 Å². The average molecular weight is 128 g/mol. The number of aliphatic carboxylic acids is 1. The summed E-state index contributed by atoms with van der Waals surface area (Å²) < 4.78 is 0. The number of oxime groups is 1. The number of nitrogens with one attached hydrogen (secondary N) is 1. The Balaban J connectivity index is 2.80. The second-order valence-corrected chi connectivity index (χ2v) is 1.42. The maximum atomic E-state index is 10.1. The topological polar surface area (TPSA) is 70.9 Å². The summed E-state index contributed by atoms with van der Waals surface area (Å²) in [5, 5.41) is 11.4. The molecule has 2 N–H and O–H groups in total. The summed E-state index contributed by atoms with van der Waals surface area (Å²) in [7, 11) is 0. The molecule has 0 aromatic carbocycles. The van der Waals surface area contributed by atoms with E-state index in [1.54, 1.807) is 0 Å². The van der Waals surface area contributed by atoms with Gasteiger partial charge in [0.15, 0.2) is 0 Å². The van der Waals surface area contributed by atoms with Crippen LogP contribution in [-0.2, 0) is 9.73 Å². The Hall–Kier alpha value is -1.52. The highest BCUT2D eigenvalue weighted by molar-refractivity contribution is 6.42. The minimum absolute atomic E-state index is 0.169. The van der Waals surface area contributed by atoms with E-state index in [2.05, 4.69) is 22.2 Å². The van der Waals surface area contributed by atoms with Crippen LogP contribution in [-0.4, -0.2) is 16.8 Å². The van der Waals surface area contributed by atoms with Crippen LogP contribution in [0.3, 0.4) is 0 Å². The molecule has 1 aliphatic rings. The molecule has 1 aliphatic heterocycles. The third kappa shape index (κ3) is 0.835. The number of carboxylic acids is 1. The first-order valence-corrected chi connectivity index (χ1v) is 2.14. The molecule has 0 atom stereocenters. The first kappa shape index (κ1) is 5.61. The van der Waals surface area contributed by atoms with Crippen LogP contribution >= 0.6 is 0 Å². The maximum absolute atomic E-state index is 10.1. The molecule has 0 aromatic rings. The highest BCUT2D eigenvalue weighted by Crippen LogP contribution is 1.98. The Morgan fingerprint density at radius 1 is 1.89 bits per heavy atom. The molecule has 0 saturated carbocycles. The Morgan fingerprint density at radius 3 is 2.78 bits per heavy atom. The summed E-state index contributed by atoms with van der Waals surface area (Å²) in [5.74, 6) is -1.15. The predicted molar refractivity (Wildman–Crippen MR) is 28.4 cm³/mol. The Morgan fingerprint density at radius 2 is 2.56 bits per heavy atom. The van der Waals surface area contributed by atoms with Crippen molar-refractivity contribution in [3.05, 3.63) is 12.3 Å². The van der Waals surface area contributed by atoms with Crippen LogP contribution in [0.2, 0.25) is 0 Å². The highest BCUT2D eigenvalue weighted by Gasteiger charge is 2.19. The molecule has 0 spiro atoms. The monoisotopic (exact) mass is 128 g/mol. The van der Waals surface area contributed by atoms with E-state index in [0.29, 0.717) is 0 Å². The minimum Gasteiger partial charge on any atom is -0.476 e. The van der Waals surface area contributed by atoms with Crippen molar-refractivity contribution in [2.75, 3.05) is 0 Å². The van der Waals surface area contributed by atoms with E-state index in [0.717, 1.165) is 0 Å². The lowest BCUT2D eigenvalue weighted by Gasteiger charge is -1.88. The molecule has 48 valence electrons. The summed E-state index contributed by atoms with van der Waals surface area (Å²) in [6.45, 7) is 3.31. The molecular formula is C4H4N2O3. The molecule has 1 heterocycles. The van der Waals surface area contributed by atoms with Crippen LogP contribution in [0.1, 0.15) is 0 Å². The summed E-state index contributed by atoms with van der Waals surface area (Å²) >= 11 is 0. The number of hydroxylamine groups is 1. The van der Waals surface area contributed by atoms with Gasteiger partial charge in [0, 0.05) is 0 Å². The van der Waals surface area contributed by atoms with Crippen molar-refractivity contribution in [2.45, 2.75) is 0 Å². The summed E-state index contributed by atoms with van der Waals surface area (Å²) in [6, 6.07) is 0. The Bertz CT molecular complexity index is 196. The number of nitrogens with zero attached hydrogens (tertiary/aromatic N) is 1. The lowest BCUT2D eigenvalue weighted by Crippen LogP contribution is -2.16. The number of carboxylic acid groups (broad SMARTS) is 1. The van der Waals surface area contributed by atoms with Gasteiger partial charge in [-0.15, -0.1) is 0 Å². The van der Waals surface area contributed by atoms with Crippen molar-refractivity contribution in [1.82, 2.24) is 5.48 Å². The van der Waals surface area contributed by atoms with E-state index >= 15 is 0 Å². The van der Waals surface area contributed by atoms with Crippen molar-refractivity contribution in [3.63, 3.8) is 0 Å². The largest absolute Gasteiger partial charge is 0.476 e. The number of hydrogen-bond donors (Lipinski definition) is 2. The smallest absolute Gasteiger partial charge is 0.360 e. The van der Waals surface area contributed by atoms with Crippen molar-refractivity contribution in [3.8, 4) is 0 Å². The van der Waals surface area contributed by atoms with Gasteiger partial charge < -0.3 is 5.11 Å². The van der Waals surface area contributed by atoms with Gasteiger partial charge in [-0.1, -0.05) is 6.58 Å². The van der Waals surface area contributed by atoms with Crippen LogP contribution in [0, 0.1) is 0 Å². The molecule has 5 nitrogen and oxygen atoms in total. The standard InChI is InChI=1S/C4H4N2O3/c1-2-3(4(7)8)6-9-5-2/h5H,1H2,(H,7,8). The third-order valence-corrected chi connectivity index (χ3v) is 0.794. The van der Waals surface area contributed by atoms with Gasteiger partial charge in [0.1, 0.15) is 5.70 Å². The first-order chi connectivity index (χ1) is 4.22. The second-order valence-electron chi connectivity index (χ2n) is 1.42. The molecule has 1 rings (SSSR count). The van der Waals surface area contributed by atoms with E-state index in [-0.39, 0.29) is 11.4 Å². The molecule has 0 amide bonds. The van der Waals surface area contributed by atoms with Crippen LogP contribution in [0.4, 0.5) is 0 Å². The molecule has 0 saturated heterocycles. The fraction of sp³-hybridized carbons (Fsp3) is 0. The summed E-state index contributed by atoms with van der Waals surface area (Å²) in [5.41, 5.74) is 2.16. The Kier molecular flexibility index (Phi) is 1.11. The van der Waals surface area contributed by atoms with Gasteiger partial charge in [-0.05, 0) is 5.16 Å². The maximum Gasteiger partial charge on any atom is 0.360 e. The van der Waals surface area contributed by atoms with E-state index in [9.17, 15) is 4.79 Å². The zero-order chi connectivity index (χ0) is 6.85. The summed E-state index contributed by atoms with van der Waals surface area (Å²) in [4.78, 5) is 14.3. The van der Waals surface area contributed by atoms with Crippen LogP contribution in [0.5, 0.6) is 0 Å². The van der Waals surface area contributed by atoms with Crippen molar-refractivity contribution < 1.29 is 14.8 Å². The molecule has 0 unspecified atom stereocenters. The number of carbonyl (C=O) groups is 1. The Labute approximate surface area is 50.6 Å². The highest BCUT2D eigenvalue weighted by atomic mass is 16.8. The van der Waals surface area contributed by atoms with Gasteiger partial charge in [-0.2, -0.15) is 5.48 Å². The average Bonchev–Trinajstić information content (AvgIpc) is 2.13. The van der Waals surface area contributed by atoms with Gasteiger partial charge in [-0.3, -0.25) is 4.94 Å². The van der Waals surface area contributed by atoms with Crippen LogP contribution in [0.25, 0.3) is 0 Å². The summed E-state index contributed by atoms with van der Waals surface area (Å²) in [6.07, 6.45) is 0. The molecule has 9 heavy (non-hydrogen) atoms. The van der Waals surface area contributed by atoms with Crippen molar-refractivity contribution >= 4 is 11.7 Å². The fourth-order valence-corrected chi connectivity index (χ4v) is 0.395. The van der Waals surface area contributed by atoms with E-state index in [1.807, 2.05) is 0 Å². The van der Waals surface area contributed by atoms with Crippen LogP contribution < -0.4 is 5.48 Å². The molecule has 0 radical (unpaired) electrons. The van der Waals surface area contributed by atoms with Crippen molar-refractivity contribution in [1.29, 1.82) is 0 Å². The lowest BCUT2D eigenvalue weighted by molar-refractivity contribution is -0.129. The molecular weight excluding hydrogens is 124 g/mol. The van der Waals surface area contributed by atoms with Gasteiger partial charge in [0.2, 0.25) is 5.71 Å². The zero-order valence-electron chi connectivity index (χ0n) is 4.42. The molecule has 0 bridgehead atoms. The van der Waals surface area contributed by atoms with E-state index in [1.165, 1.54) is 0 Å². The van der Waals surface area contributed by atoms with Crippen LogP contribution in [0.15, 0.2) is 17.4 Å². The van der Waals surface area contributed by atoms with Crippen molar-refractivity contribution in [2.24, 2.45) is 5.16 Å². The van der Waals surface area contributed by atoms with E-state index in [4.69, 9.17) is 5.11 Å². The zero-order valence-corrected chi connectivity index (χ0v) is 4.42. The SMILES string of the molecule is C=C1NON=C1C(=O)O. The van der Waals surface area contributed by atoms with Gasteiger partial charge in [-0.25, -0.2) is 4.79 Å². The minimum atomic E-state index is -1.15. The normalized spacial score (nSPS) is 16.0. The first-order valence-electron chi connectivity index (χ1n) is 2.14. The van der Waals surface area contributed by atoms with Gasteiger partial charge >= 0.3 is 5.97 Å². The van der Waals surface area contributed by atoms with E-state index < -0.39 is 5.97 Å². The number of rotatable bonds is 1. The quantitative estimate of drug-likeness (QED) is 0.498. The number of hydrogen-bond acceptors (Lipinski definition) is 4. The molecule has 0 aliphatic carbocycles. The van der Waals surface area contributed by atoms with Gasteiger partial charge in [0.25, 0.3) is 0 Å². The second kappa shape index (κ2) is 1.77. The third-order valence-electron chi connectivity index (χ3n) is 0.794. The molecule has 0 fully saturated rings. The fourth-order valence-electron chi connectivity index (χ4n) is 0.395. The lowest BCUT2D eigenvalue weighted by atomic mass is 10.3.